The van der Waals surface area contributed by atoms with Crippen LogP contribution in [0.5, 0.6) is 0 Å². The molecule has 0 aromatic heterocycles. The molecule has 0 aromatic rings. The first kappa shape index (κ1) is 34.7. The molecular weight excluding hydrogens is 427 g/mol. The molecule has 0 amide bonds. The highest BCUT2D eigenvalue weighted by atomic mass is 31.2. The topological polar surface area (TPSA) is 43.4 Å². The Bertz CT molecular complexity index is 383. The molecule has 0 fully saturated rings. The molecule has 0 aliphatic heterocycles. The number of carbonyl (C=O) groups excluding carboxylic acids is 2. The summed E-state index contributed by atoms with van der Waals surface area (Å²) in [5.41, 5.74) is 0. The average Bonchev–Trinajstić information content (AvgIpc) is 2.80. The van der Waals surface area contributed by atoms with Crippen molar-refractivity contribution < 1.29 is 14.3 Å². The maximum atomic E-state index is 10.2. The quantitative estimate of drug-likeness (QED) is 0.0700. The lowest BCUT2D eigenvalue weighted by Crippen LogP contribution is -2.13. The van der Waals surface area contributed by atoms with Crippen molar-refractivity contribution in [1.82, 2.24) is 0 Å². The molecule has 0 bridgehead atoms. The second kappa shape index (κ2) is 26.2. The SMILES string of the molecule is CCC(=O)OC(C)=O.CCCCCC[P+](CCCCCC)(CCCCCC)CCCCCC. The third kappa shape index (κ3) is 24.5. The summed E-state index contributed by atoms with van der Waals surface area (Å²) in [5, 5.41) is 0. The molecule has 0 heterocycles. The van der Waals surface area contributed by atoms with Crippen molar-refractivity contribution in [3.63, 3.8) is 0 Å². The summed E-state index contributed by atoms with van der Waals surface area (Å²) in [6.07, 6.45) is 30.3. The Labute approximate surface area is 208 Å². The Hall–Kier alpha value is -0.430. The highest BCUT2D eigenvalue weighted by Gasteiger charge is 2.34. The van der Waals surface area contributed by atoms with E-state index >= 15 is 0 Å². The van der Waals surface area contributed by atoms with E-state index < -0.39 is 19.2 Å². The molecule has 0 aliphatic carbocycles. The van der Waals surface area contributed by atoms with Crippen LogP contribution >= 0.6 is 7.26 Å². The first-order valence-electron chi connectivity index (χ1n) is 14.5. The van der Waals surface area contributed by atoms with Gasteiger partial charge in [-0.15, -0.1) is 0 Å². The Morgan fingerprint density at radius 2 is 0.818 bits per heavy atom. The number of unbranched alkanes of at least 4 members (excludes halogenated alkanes) is 12. The van der Waals surface area contributed by atoms with Gasteiger partial charge in [-0.25, -0.2) is 0 Å². The summed E-state index contributed by atoms with van der Waals surface area (Å²) in [4.78, 5) is 20.1. The first-order chi connectivity index (χ1) is 15.9. The van der Waals surface area contributed by atoms with Crippen LogP contribution in [-0.4, -0.2) is 36.6 Å². The fourth-order valence-electron chi connectivity index (χ4n) is 4.40. The van der Waals surface area contributed by atoms with E-state index in [4.69, 9.17) is 0 Å². The highest BCUT2D eigenvalue weighted by molar-refractivity contribution is 7.75. The minimum atomic E-state index is -0.657. The van der Waals surface area contributed by atoms with Crippen LogP contribution in [0, 0.1) is 0 Å². The summed E-state index contributed by atoms with van der Waals surface area (Å²) in [5.74, 6) is -1.02. The molecule has 0 aliphatic rings. The predicted molar refractivity (Wildman–Crippen MR) is 150 cm³/mol. The Balaban J connectivity index is 0. The van der Waals surface area contributed by atoms with Gasteiger partial charge in [-0.05, 0) is 51.4 Å². The zero-order valence-electron chi connectivity index (χ0n) is 23.5. The van der Waals surface area contributed by atoms with E-state index in [1.807, 2.05) is 0 Å². The van der Waals surface area contributed by atoms with Crippen LogP contribution in [0.25, 0.3) is 0 Å². The van der Waals surface area contributed by atoms with Crippen LogP contribution in [0.2, 0.25) is 0 Å². The van der Waals surface area contributed by atoms with Crippen molar-refractivity contribution >= 4 is 19.2 Å². The maximum absolute atomic E-state index is 10.2. The van der Waals surface area contributed by atoms with E-state index in [1.165, 1.54) is 110 Å². The molecule has 3 nitrogen and oxygen atoms in total. The van der Waals surface area contributed by atoms with Crippen LogP contribution in [0.1, 0.15) is 151 Å². The van der Waals surface area contributed by atoms with Gasteiger partial charge in [-0.1, -0.05) is 86.0 Å². The zero-order valence-corrected chi connectivity index (χ0v) is 24.4. The molecule has 0 aromatic carbocycles. The number of hydrogen-bond acceptors (Lipinski definition) is 3. The molecule has 33 heavy (non-hydrogen) atoms. The molecule has 0 atom stereocenters. The van der Waals surface area contributed by atoms with Crippen LogP contribution in [-0.2, 0) is 14.3 Å². The number of carbonyl (C=O) groups is 2. The standard InChI is InChI=1S/C24H52P.C5H8O3/c1-5-9-13-17-21-25(22-18-14-10-6-2,23-19-15-11-7-3)24-20-16-12-8-4;1-3-5(7)8-4(2)6/h5-24H2,1-4H3;3H2,1-2H3/q+1;. The van der Waals surface area contributed by atoms with Crippen molar-refractivity contribution in [3.05, 3.63) is 0 Å². The summed E-state index contributed by atoms with van der Waals surface area (Å²) in [6, 6.07) is 0. The van der Waals surface area contributed by atoms with Crippen LogP contribution in [0.4, 0.5) is 0 Å². The van der Waals surface area contributed by atoms with Gasteiger partial charge in [0.05, 0.1) is 24.6 Å². The minimum Gasteiger partial charge on any atom is -0.393 e. The fourth-order valence-corrected chi connectivity index (χ4v) is 9.32. The number of ether oxygens (including phenoxy) is 1. The van der Waals surface area contributed by atoms with Gasteiger partial charge in [0, 0.05) is 20.6 Å². The lowest BCUT2D eigenvalue weighted by Gasteiger charge is -2.28. The molecule has 0 N–H and O–H groups in total. The Kier molecular flexibility index (Phi) is 27.6. The molecule has 0 saturated heterocycles. The Morgan fingerprint density at radius 1 is 0.515 bits per heavy atom. The number of rotatable bonds is 21. The van der Waals surface area contributed by atoms with Gasteiger partial charge in [0.15, 0.2) is 0 Å². The van der Waals surface area contributed by atoms with Gasteiger partial charge >= 0.3 is 11.9 Å². The second-order valence-electron chi connectivity index (χ2n) is 9.80. The maximum Gasteiger partial charge on any atom is 0.313 e. The smallest absolute Gasteiger partial charge is 0.313 e. The van der Waals surface area contributed by atoms with Crippen molar-refractivity contribution in [1.29, 1.82) is 0 Å². The summed E-state index contributed by atoms with van der Waals surface area (Å²) in [7, 11) is -0.657. The van der Waals surface area contributed by atoms with E-state index in [-0.39, 0.29) is 6.42 Å². The third-order valence-electron chi connectivity index (χ3n) is 6.49. The molecular formula is C29H60O3P+. The molecule has 0 rings (SSSR count). The van der Waals surface area contributed by atoms with Crippen molar-refractivity contribution in [3.8, 4) is 0 Å². The van der Waals surface area contributed by atoms with Crippen LogP contribution in [0.15, 0.2) is 0 Å². The summed E-state index contributed by atoms with van der Waals surface area (Å²) in [6.45, 7) is 12.2. The Morgan fingerprint density at radius 3 is 1.00 bits per heavy atom. The zero-order chi connectivity index (χ0) is 25.2. The van der Waals surface area contributed by atoms with Crippen molar-refractivity contribution in [2.24, 2.45) is 0 Å². The molecule has 0 unspecified atom stereocenters. The first-order valence-corrected chi connectivity index (χ1v) is 17.0. The molecule has 4 heteroatoms. The molecule has 198 valence electrons. The fraction of sp³-hybridized carbons (Fsp3) is 0.931. The van der Waals surface area contributed by atoms with Crippen molar-refractivity contribution in [2.75, 3.05) is 24.6 Å². The van der Waals surface area contributed by atoms with E-state index in [2.05, 4.69) is 32.4 Å². The highest BCUT2D eigenvalue weighted by Crippen LogP contribution is 2.61. The van der Waals surface area contributed by atoms with Crippen LogP contribution < -0.4 is 0 Å². The van der Waals surface area contributed by atoms with E-state index in [9.17, 15) is 9.59 Å². The van der Waals surface area contributed by atoms with E-state index in [0.717, 1.165) is 0 Å². The van der Waals surface area contributed by atoms with Gasteiger partial charge in [0.25, 0.3) is 0 Å². The van der Waals surface area contributed by atoms with Gasteiger partial charge in [0.1, 0.15) is 0 Å². The summed E-state index contributed by atoms with van der Waals surface area (Å²) >= 11 is 0. The summed E-state index contributed by atoms with van der Waals surface area (Å²) < 4.78 is 4.12. The molecule has 0 saturated carbocycles. The third-order valence-corrected chi connectivity index (χ3v) is 11.5. The van der Waals surface area contributed by atoms with Gasteiger partial charge in [-0.3, -0.25) is 9.59 Å². The van der Waals surface area contributed by atoms with Crippen LogP contribution in [0.3, 0.4) is 0 Å². The monoisotopic (exact) mass is 487 g/mol. The van der Waals surface area contributed by atoms with Crippen molar-refractivity contribution in [2.45, 2.75) is 151 Å². The largest absolute Gasteiger partial charge is 0.393 e. The number of hydrogen-bond donors (Lipinski definition) is 0. The number of esters is 2. The van der Waals surface area contributed by atoms with Gasteiger partial charge in [0.2, 0.25) is 0 Å². The minimum absolute atomic E-state index is 0.250. The van der Waals surface area contributed by atoms with Gasteiger partial charge in [-0.2, -0.15) is 0 Å². The van der Waals surface area contributed by atoms with E-state index in [0.29, 0.717) is 0 Å². The van der Waals surface area contributed by atoms with Gasteiger partial charge < -0.3 is 4.74 Å². The molecule has 0 radical (unpaired) electrons. The predicted octanol–water partition coefficient (Wildman–Crippen LogP) is 9.81. The lowest BCUT2D eigenvalue weighted by atomic mass is 10.2. The van der Waals surface area contributed by atoms with E-state index in [1.54, 1.807) is 31.6 Å². The lowest BCUT2D eigenvalue weighted by molar-refractivity contribution is -0.157. The second-order valence-corrected chi connectivity index (χ2v) is 14.3. The average molecular weight is 488 g/mol. The normalized spacial score (nSPS) is 11.1. The molecule has 0 spiro atoms.